The molecule has 146 valence electrons. The number of anilines is 1. The highest BCUT2D eigenvalue weighted by atomic mass is 32.2. The highest BCUT2D eigenvalue weighted by Gasteiger charge is 2.26. The smallest absolute Gasteiger partial charge is 0.410 e. The van der Waals surface area contributed by atoms with Gasteiger partial charge < -0.3 is 19.1 Å². The second-order valence-corrected chi connectivity index (χ2v) is 8.83. The molecule has 2 rings (SSSR count). The van der Waals surface area contributed by atoms with Crippen LogP contribution in [-0.2, 0) is 22.2 Å². The molecular formula is C19H30N2O4S. The van der Waals surface area contributed by atoms with Gasteiger partial charge in [-0.25, -0.2) is 9.00 Å². The number of ether oxygens (including phenoxy) is 1. The van der Waals surface area contributed by atoms with Gasteiger partial charge in [-0.05, 0) is 63.6 Å². The third kappa shape index (κ3) is 6.61. The van der Waals surface area contributed by atoms with E-state index in [9.17, 15) is 9.00 Å². The number of amides is 1. The van der Waals surface area contributed by atoms with Crippen LogP contribution in [0, 0.1) is 5.92 Å². The Kier molecular flexibility index (Phi) is 7.06. The number of piperidine rings is 1. The van der Waals surface area contributed by atoms with Crippen molar-refractivity contribution in [2.75, 3.05) is 30.9 Å². The largest absolute Gasteiger partial charge is 0.444 e. The average molecular weight is 383 g/mol. The van der Waals surface area contributed by atoms with Gasteiger partial charge in [-0.1, -0.05) is 12.1 Å². The summed E-state index contributed by atoms with van der Waals surface area (Å²) >= 11 is -1.84. The van der Waals surface area contributed by atoms with Crippen molar-refractivity contribution in [1.82, 2.24) is 4.90 Å². The summed E-state index contributed by atoms with van der Waals surface area (Å²) in [7, 11) is 1.80. The molecule has 1 unspecified atom stereocenters. The van der Waals surface area contributed by atoms with Gasteiger partial charge in [0.15, 0.2) is 11.1 Å². The van der Waals surface area contributed by atoms with Crippen LogP contribution in [0.2, 0.25) is 0 Å². The second-order valence-electron chi connectivity index (χ2n) is 7.93. The van der Waals surface area contributed by atoms with E-state index in [0.717, 1.165) is 38.0 Å². The summed E-state index contributed by atoms with van der Waals surface area (Å²) in [4.78, 5) is 15.7. The van der Waals surface area contributed by atoms with E-state index in [1.54, 1.807) is 16.8 Å². The zero-order valence-electron chi connectivity index (χ0n) is 16.1. The first-order valence-electron chi connectivity index (χ1n) is 8.99. The minimum atomic E-state index is -1.84. The molecule has 0 spiro atoms. The van der Waals surface area contributed by atoms with Crippen molar-refractivity contribution in [3.63, 3.8) is 0 Å². The summed E-state index contributed by atoms with van der Waals surface area (Å²) in [6, 6.07) is 8.12. The Labute approximate surface area is 158 Å². The first-order chi connectivity index (χ1) is 12.1. The Morgan fingerprint density at radius 2 is 1.85 bits per heavy atom. The highest BCUT2D eigenvalue weighted by molar-refractivity contribution is 7.79. The number of hydrogen-bond acceptors (Lipinski definition) is 4. The summed E-state index contributed by atoms with van der Waals surface area (Å²) < 4.78 is 25.3. The van der Waals surface area contributed by atoms with Crippen LogP contribution in [0.4, 0.5) is 10.5 Å². The first-order valence-corrected chi connectivity index (χ1v) is 10.3. The van der Waals surface area contributed by atoms with Gasteiger partial charge in [-0.15, -0.1) is 0 Å². The molecule has 1 aliphatic rings. The molecule has 1 heterocycles. The number of benzene rings is 1. The monoisotopic (exact) mass is 382 g/mol. The molecule has 7 heteroatoms. The number of hydrogen-bond donors (Lipinski definition) is 1. The predicted octanol–water partition coefficient (Wildman–Crippen LogP) is 3.49. The van der Waals surface area contributed by atoms with Crippen molar-refractivity contribution in [3.8, 4) is 0 Å². The first kappa shape index (κ1) is 20.7. The Hall–Kier alpha value is -1.60. The lowest BCUT2D eigenvalue weighted by Gasteiger charge is -2.33. The van der Waals surface area contributed by atoms with Gasteiger partial charge in [0.25, 0.3) is 0 Å². The molecule has 1 aliphatic heterocycles. The van der Waals surface area contributed by atoms with E-state index < -0.39 is 16.7 Å². The Balaban J connectivity index is 1.82. The van der Waals surface area contributed by atoms with Gasteiger partial charge >= 0.3 is 6.09 Å². The van der Waals surface area contributed by atoms with E-state index >= 15 is 0 Å². The fraction of sp³-hybridized carbons (Fsp3) is 0.632. The van der Waals surface area contributed by atoms with Crippen molar-refractivity contribution >= 4 is 22.9 Å². The average Bonchev–Trinajstić information content (AvgIpc) is 2.54. The van der Waals surface area contributed by atoms with Gasteiger partial charge in [0.05, 0.1) is 0 Å². The maximum absolute atomic E-state index is 12.1. The number of rotatable bonds is 5. The van der Waals surface area contributed by atoms with Crippen LogP contribution in [-0.4, -0.2) is 51.4 Å². The second kappa shape index (κ2) is 8.86. The number of nitrogens with zero attached hydrogens (tertiary/aromatic N) is 2. The summed E-state index contributed by atoms with van der Waals surface area (Å²) in [6.45, 7) is 7.14. The van der Waals surface area contributed by atoms with Crippen molar-refractivity contribution < 1.29 is 18.3 Å². The van der Waals surface area contributed by atoms with Crippen LogP contribution < -0.4 is 4.90 Å². The van der Waals surface area contributed by atoms with Gasteiger partial charge in [0.2, 0.25) is 0 Å². The van der Waals surface area contributed by atoms with Crippen molar-refractivity contribution in [3.05, 3.63) is 29.8 Å². The zero-order chi connectivity index (χ0) is 19.3. The molecule has 0 bridgehead atoms. The number of carbonyl (C=O) groups excluding carboxylic acids is 1. The van der Waals surface area contributed by atoms with E-state index in [1.807, 2.05) is 32.9 Å². The van der Waals surface area contributed by atoms with E-state index in [2.05, 4.69) is 12.1 Å². The minimum Gasteiger partial charge on any atom is -0.444 e. The molecule has 1 saturated heterocycles. The minimum absolute atomic E-state index is 0.0997. The molecule has 1 amide bonds. The molecule has 0 aliphatic carbocycles. The van der Waals surface area contributed by atoms with Gasteiger partial charge in [-0.3, -0.25) is 0 Å². The Morgan fingerprint density at radius 1 is 1.27 bits per heavy atom. The highest BCUT2D eigenvalue weighted by Crippen LogP contribution is 2.24. The lowest BCUT2D eigenvalue weighted by molar-refractivity contribution is 0.0184. The molecule has 0 aromatic heterocycles. The van der Waals surface area contributed by atoms with Crippen LogP contribution in [0.3, 0.4) is 0 Å². The Bertz CT molecular complexity index is 619. The van der Waals surface area contributed by atoms with Crippen molar-refractivity contribution in [2.24, 2.45) is 5.92 Å². The lowest BCUT2D eigenvalue weighted by Crippen LogP contribution is -2.42. The molecule has 0 saturated carbocycles. The fourth-order valence-corrected chi connectivity index (χ4v) is 3.59. The standard InChI is InChI=1S/C19H30N2O4S/c1-19(2,3)25-18(22)21-11-9-16(10-12-21)13-15-5-7-17(8-6-15)20(4)14-26(23)24/h5-8,16H,9-14H2,1-4H3,(H,23,24). The molecule has 1 atom stereocenters. The van der Waals surface area contributed by atoms with Crippen LogP contribution in [0.15, 0.2) is 24.3 Å². The molecule has 0 radical (unpaired) electrons. The zero-order valence-corrected chi connectivity index (χ0v) is 16.9. The quantitative estimate of drug-likeness (QED) is 0.790. The van der Waals surface area contributed by atoms with E-state index in [0.29, 0.717) is 5.92 Å². The molecule has 1 N–H and O–H groups in total. The van der Waals surface area contributed by atoms with E-state index in [-0.39, 0.29) is 12.0 Å². The molecule has 6 nitrogen and oxygen atoms in total. The Morgan fingerprint density at radius 3 is 2.35 bits per heavy atom. The molecule has 26 heavy (non-hydrogen) atoms. The fourth-order valence-electron chi connectivity index (χ4n) is 3.11. The van der Waals surface area contributed by atoms with Crippen molar-refractivity contribution in [1.29, 1.82) is 0 Å². The number of carbonyl (C=O) groups is 1. The van der Waals surface area contributed by atoms with Gasteiger partial charge in [0.1, 0.15) is 11.5 Å². The molecule has 1 aromatic rings. The van der Waals surface area contributed by atoms with E-state index in [1.165, 1.54) is 5.56 Å². The van der Waals surface area contributed by atoms with Gasteiger partial charge in [-0.2, -0.15) is 0 Å². The van der Waals surface area contributed by atoms with Crippen LogP contribution in [0.25, 0.3) is 0 Å². The summed E-state index contributed by atoms with van der Waals surface area (Å²) in [5, 5.41) is 0. The third-order valence-corrected chi connectivity index (χ3v) is 5.08. The van der Waals surface area contributed by atoms with E-state index in [4.69, 9.17) is 9.29 Å². The summed E-state index contributed by atoms with van der Waals surface area (Å²) in [5.41, 5.74) is 1.73. The van der Waals surface area contributed by atoms with Crippen molar-refractivity contribution in [2.45, 2.75) is 45.6 Å². The summed E-state index contributed by atoms with van der Waals surface area (Å²) in [5.74, 6) is 0.657. The SMILES string of the molecule is CN(CS(=O)O)c1ccc(CC2CCN(C(=O)OC(C)(C)C)CC2)cc1. The van der Waals surface area contributed by atoms with Crippen LogP contribution in [0.5, 0.6) is 0 Å². The van der Waals surface area contributed by atoms with Crippen LogP contribution in [0.1, 0.15) is 39.2 Å². The maximum atomic E-state index is 12.1. The molecule has 1 fully saturated rings. The summed E-state index contributed by atoms with van der Waals surface area (Å²) in [6.07, 6.45) is 2.72. The molecular weight excluding hydrogens is 352 g/mol. The van der Waals surface area contributed by atoms with Crippen LogP contribution >= 0.6 is 0 Å². The topological polar surface area (TPSA) is 70.1 Å². The third-order valence-electron chi connectivity index (χ3n) is 4.47. The number of likely N-dealkylation sites (tertiary alicyclic amines) is 1. The lowest BCUT2D eigenvalue weighted by atomic mass is 9.90. The predicted molar refractivity (Wildman–Crippen MR) is 105 cm³/mol. The normalized spacial score (nSPS) is 17.0. The van der Waals surface area contributed by atoms with Gasteiger partial charge in [0, 0.05) is 25.8 Å². The maximum Gasteiger partial charge on any atom is 0.410 e. The molecule has 1 aromatic carbocycles.